The SMILES string of the molecule is COC(=O)[C@@H](CCCNC(=O)OC(C)(C)C)Cc1cn([C@H]2CC[C@H](C)CC2)cn1. The van der Waals surface area contributed by atoms with Gasteiger partial charge in [-0.05, 0) is 65.2 Å². The molecule has 1 saturated carbocycles. The fourth-order valence-electron chi connectivity index (χ4n) is 3.80. The Morgan fingerprint density at radius 1 is 1.28 bits per heavy atom. The molecule has 1 aromatic heterocycles. The number of methoxy groups -OCH3 is 1. The first-order valence-electron chi connectivity index (χ1n) is 10.7. The number of nitrogens with one attached hydrogen (secondary N) is 1. The molecular weight excluding hydrogens is 370 g/mol. The Morgan fingerprint density at radius 2 is 1.97 bits per heavy atom. The predicted molar refractivity (Wildman–Crippen MR) is 112 cm³/mol. The summed E-state index contributed by atoms with van der Waals surface area (Å²) in [4.78, 5) is 28.5. The van der Waals surface area contributed by atoms with Crippen molar-refractivity contribution >= 4 is 12.1 Å². The average Bonchev–Trinajstić information content (AvgIpc) is 3.11. The van der Waals surface area contributed by atoms with Gasteiger partial charge in [0.2, 0.25) is 0 Å². The molecule has 1 aliphatic rings. The minimum Gasteiger partial charge on any atom is -0.469 e. The minimum absolute atomic E-state index is 0.233. The summed E-state index contributed by atoms with van der Waals surface area (Å²) in [5.74, 6) is 0.311. The number of hydrogen-bond acceptors (Lipinski definition) is 5. The molecule has 0 aromatic carbocycles. The maximum Gasteiger partial charge on any atom is 0.407 e. The highest BCUT2D eigenvalue weighted by molar-refractivity contribution is 5.72. The molecule has 1 fully saturated rings. The molecule has 1 amide bonds. The number of nitrogens with zero attached hydrogens (tertiary/aromatic N) is 2. The Labute approximate surface area is 174 Å². The number of alkyl carbamates (subject to hydrolysis) is 1. The van der Waals surface area contributed by atoms with Crippen LogP contribution >= 0.6 is 0 Å². The van der Waals surface area contributed by atoms with Crippen molar-refractivity contribution < 1.29 is 19.1 Å². The molecule has 0 saturated heterocycles. The lowest BCUT2D eigenvalue weighted by Crippen LogP contribution is -2.33. The second kappa shape index (κ2) is 10.6. The molecule has 1 atom stereocenters. The molecule has 0 unspecified atom stereocenters. The van der Waals surface area contributed by atoms with Crippen LogP contribution in [0.15, 0.2) is 12.5 Å². The lowest BCUT2D eigenvalue weighted by atomic mass is 9.87. The molecule has 0 spiro atoms. The van der Waals surface area contributed by atoms with Gasteiger partial charge in [-0.3, -0.25) is 4.79 Å². The highest BCUT2D eigenvalue weighted by atomic mass is 16.6. The van der Waals surface area contributed by atoms with Gasteiger partial charge in [0.15, 0.2) is 0 Å². The monoisotopic (exact) mass is 407 g/mol. The number of hydrogen-bond donors (Lipinski definition) is 1. The van der Waals surface area contributed by atoms with Crippen LogP contribution < -0.4 is 5.32 Å². The molecule has 1 N–H and O–H groups in total. The van der Waals surface area contributed by atoms with E-state index in [9.17, 15) is 9.59 Å². The van der Waals surface area contributed by atoms with E-state index in [4.69, 9.17) is 9.47 Å². The Bertz CT molecular complexity index is 657. The normalized spacial score (nSPS) is 20.7. The number of esters is 1. The lowest BCUT2D eigenvalue weighted by molar-refractivity contribution is -0.145. The third-order valence-corrected chi connectivity index (χ3v) is 5.45. The Morgan fingerprint density at radius 3 is 2.59 bits per heavy atom. The number of amides is 1. The number of rotatable bonds is 8. The van der Waals surface area contributed by atoms with Crippen molar-refractivity contribution in [2.45, 2.75) is 84.3 Å². The summed E-state index contributed by atoms with van der Waals surface area (Å²) >= 11 is 0. The van der Waals surface area contributed by atoms with E-state index in [0.717, 1.165) is 11.6 Å². The molecule has 0 radical (unpaired) electrons. The first-order valence-corrected chi connectivity index (χ1v) is 10.7. The molecule has 29 heavy (non-hydrogen) atoms. The van der Waals surface area contributed by atoms with Crippen molar-refractivity contribution in [3.8, 4) is 0 Å². The lowest BCUT2D eigenvalue weighted by Gasteiger charge is -2.26. The molecule has 0 aliphatic heterocycles. The fraction of sp³-hybridized carbons (Fsp3) is 0.773. The molecule has 164 valence electrons. The summed E-state index contributed by atoms with van der Waals surface area (Å²) in [6.07, 6.45) is 10.3. The van der Waals surface area contributed by atoms with Crippen molar-refractivity contribution in [1.29, 1.82) is 0 Å². The highest BCUT2D eigenvalue weighted by Gasteiger charge is 2.23. The quantitative estimate of drug-likeness (QED) is 0.514. The Kier molecular flexibility index (Phi) is 8.53. The predicted octanol–water partition coefficient (Wildman–Crippen LogP) is 4.27. The maximum atomic E-state index is 12.2. The van der Waals surface area contributed by atoms with E-state index in [0.29, 0.717) is 31.8 Å². The average molecular weight is 408 g/mol. The van der Waals surface area contributed by atoms with Crippen LogP contribution in [0.4, 0.5) is 4.79 Å². The highest BCUT2D eigenvalue weighted by Crippen LogP contribution is 2.32. The minimum atomic E-state index is -0.520. The molecule has 1 heterocycles. The molecule has 1 aromatic rings. The maximum absolute atomic E-state index is 12.2. The first kappa shape index (κ1) is 23.2. The van der Waals surface area contributed by atoms with Gasteiger partial charge in [0.1, 0.15) is 5.60 Å². The van der Waals surface area contributed by atoms with Gasteiger partial charge < -0.3 is 19.4 Å². The zero-order chi connectivity index (χ0) is 21.4. The van der Waals surface area contributed by atoms with Gasteiger partial charge in [-0.2, -0.15) is 0 Å². The summed E-state index contributed by atoms with van der Waals surface area (Å²) in [6, 6.07) is 0.516. The van der Waals surface area contributed by atoms with Crippen molar-refractivity contribution in [1.82, 2.24) is 14.9 Å². The van der Waals surface area contributed by atoms with Gasteiger partial charge in [-0.1, -0.05) is 6.92 Å². The van der Waals surface area contributed by atoms with Crippen molar-refractivity contribution in [3.63, 3.8) is 0 Å². The smallest absolute Gasteiger partial charge is 0.407 e. The third kappa shape index (κ3) is 8.07. The number of aromatic nitrogens is 2. The third-order valence-electron chi connectivity index (χ3n) is 5.45. The van der Waals surface area contributed by atoms with Crippen LogP contribution in [0.25, 0.3) is 0 Å². The standard InChI is InChI=1S/C22H37N3O4/c1-16-8-10-19(11-9-16)25-14-18(24-15-25)13-17(20(26)28-5)7-6-12-23-21(27)29-22(2,3)4/h14-17,19H,6-13H2,1-5H3,(H,23,27)/t16-,17-,19-/m0/s1. The summed E-state index contributed by atoms with van der Waals surface area (Å²) in [7, 11) is 1.41. The number of imidazole rings is 1. The molecule has 0 bridgehead atoms. The van der Waals surface area contributed by atoms with Crippen LogP contribution in [0.5, 0.6) is 0 Å². The van der Waals surface area contributed by atoms with E-state index in [-0.39, 0.29) is 11.9 Å². The van der Waals surface area contributed by atoms with Crippen LogP contribution in [-0.4, -0.2) is 40.9 Å². The molecule has 2 rings (SSSR count). The van der Waals surface area contributed by atoms with E-state index in [1.807, 2.05) is 27.1 Å². The summed E-state index contributed by atoms with van der Waals surface area (Å²) < 4.78 is 12.4. The molecular formula is C22H37N3O4. The van der Waals surface area contributed by atoms with Crippen LogP contribution in [0.1, 0.15) is 78.0 Å². The van der Waals surface area contributed by atoms with Gasteiger partial charge in [0.05, 0.1) is 25.0 Å². The van der Waals surface area contributed by atoms with E-state index >= 15 is 0 Å². The second-order valence-corrected chi connectivity index (χ2v) is 9.22. The van der Waals surface area contributed by atoms with Crippen molar-refractivity contribution in [2.75, 3.05) is 13.7 Å². The van der Waals surface area contributed by atoms with Gasteiger partial charge in [-0.25, -0.2) is 9.78 Å². The van der Waals surface area contributed by atoms with Crippen molar-refractivity contribution in [3.05, 3.63) is 18.2 Å². The molecule has 7 heteroatoms. The van der Waals surface area contributed by atoms with Crippen LogP contribution in [-0.2, 0) is 20.7 Å². The first-order chi connectivity index (χ1) is 13.7. The van der Waals surface area contributed by atoms with Crippen LogP contribution in [0.2, 0.25) is 0 Å². The molecule has 1 aliphatic carbocycles. The second-order valence-electron chi connectivity index (χ2n) is 9.22. The Hall–Kier alpha value is -2.05. The van der Waals surface area contributed by atoms with Gasteiger partial charge in [-0.15, -0.1) is 0 Å². The van der Waals surface area contributed by atoms with E-state index < -0.39 is 11.7 Å². The summed E-state index contributed by atoms with van der Waals surface area (Å²) in [6.45, 7) is 8.25. The van der Waals surface area contributed by atoms with Gasteiger partial charge in [0.25, 0.3) is 0 Å². The van der Waals surface area contributed by atoms with E-state index in [1.165, 1.54) is 32.8 Å². The zero-order valence-electron chi connectivity index (χ0n) is 18.6. The summed E-state index contributed by atoms with van der Waals surface area (Å²) in [5.41, 5.74) is 0.396. The molecule has 7 nitrogen and oxygen atoms in total. The number of carbonyl (C=O) groups excluding carboxylic acids is 2. The van der Waals surface area contributed by atoms with Gasteiger partial charge >= 0.3 is 12.1 Å². The van der Waals surface area contributed by atoms with E-state index in [2.05, 4.69) is 28.0 Å². The van der Waals surface area contributed by atoms with Crippen LogP contribution in [0, 0.1) is 11.8 Å². The topological polar surface area (TPSA) is 82.5 Å². The van der Waals surface area contributed by atoms with Crippen LogP contribution in [0.3, 0.4) is 0 Å². The Balaban J connectivity index is 1.83. The zero-order valence-corrected chi connectivity index (χ0v) is 18.6. The van der Waals surface area contributed by atoms with E-state index in [1.54, 1.807) is 0 Å². The summed E-state index contributed by atoms with van der Waals surface area (Å²) in [5, 5.41) is 2.73. The van der Waals surface area contributed by atoms with Crippen molar-refractivity contribution in [2.24, 2.45) is 11.8 Å². The fourth-order valence-corrected chi connectivity index (χ4v) is 3.80. The largest absolute Gasteiger partial charge is 0.469 e. The van der Waals surface area contributed by atoms with Gasteiger partial charge in [0, 0.05) is 25.2 Å². The number of ether oxygens (including phenoxy) is 2. The number of carbonyl (C=O) groups is 2.